The standard InChI is InChI=1S/C18H21F2N3O5S/c1-23(29(25,26)14-4-3-8-21-11-14)12-17(24)22-9-7-13-5-6-15(27-2)16(10-13)28-18(19)20/h3-6,8,10-11,18H,7,9,12H2,1-2H3,(H,22,24). The lowest BCUT2D eigenvalue weighted by molar-refractivity contribution is -0.121. The lowest BCUT2D eigenvalue weighted by Crippen LogP contribution is -2.39. The molecule has 0 saturated heterocycles. The van der Waals surface area contributed by atoms with Crippen LogP contribution in [0.15, 0.2) is 47.6 Å². The number of likely N-dealkylation sites (N-methyl/N-ethyl adjacent to an activating group) is 1. The predicted octanol–water partition coefficient (Wildman–Crippen LogP) is 1.67. The lowest BCUT2D eigenvalue weighted by Gasteiger charge is -2.16. The average molecular weight is 429 g/mol. The molecule has 158 valence electrons. The summed E-state index contributed by atoms with van der Waals surface area (Å²) >= 11 is 0. The maximum absolute atomic E-state index is 12.5. The summed E-state index contributed by atoms with van der Waals surface area (Å²) in [5.41, 5.74) is 0.637. The van der Waals surface area contributed by atoms with E-state index in [1.807, 2.05) is 0 Å². The number of alkyl halides is 2. The topological polar surface area (TPSA) is 97.8 Å². The number of nitrogens with one attached hydrogen (secondary N) is 1. The molecule has 1 aromatic heterocycles. The van der Waals surface area contributed by atoms with Crippen molar-refractivity contribution in [3.63, 3.8) is 0 Å². The highest BCUT2D eigenvalue weighted by molar-refractivity contribution is 7.89. The van der Waals surface area contributed by atoms with E-state index in [2.05, 4.69) is 15.0 Å². The molecule has 0 unspecified atom stereocenters. The van der Waals surface area contributed by atoms with Crippen molar-refractivity contribution in [2.45, 2.75) is 17.9 Å². The summed E-state index contributed by atoms with van der Waals surface area (Å²) in [5.74, 6) is -0.438. The molecule has 0 aliphatic rings. The normalized spacial score (nSPS) is 11.5. The predicted molar refractivity (Wildman–Crippen MR) is 100 cm³/mol. The van der Waals surface area contributed by atoms with Crippen LogP contribution in [0.25, 0.3) is 0 Å². The van der Waals surface area contributed by atoms with Gasteiger partial charge in [0.15, 0.2) is 11.5 Å². The fourth-order valence-electron chi connectivity index (χ4n) is 2.43. The van der Waals surface area contributed by atoms with Gasteiger partial charge >= 0.3 is 6.61 Å². The van der Waals surface area contributed by atoms with Gasteiger partial charge in [-0.05, 0) is 36.2 Å². The number of halogens is 2. The van der Waals surface area contributed by atoms with E-state index in [1.165, 1.54) is 50.8 Å². The quantitative estimate of drug-likeness (QED) is 0.617. The van der Waals surface area contributed by atoms with Crippen LogP contribution >= 0.6 is 0 Å². The van der Waals surface area contributed by atoms with E-state index < -0.39 is 22.5 Å². The molecule has 0 fully saturated rings. The molecule has 1 amide bonds. The number of hydrogen-bond donors (Lipinski definition) is 1. The van der Waals surface area contributed by atoms with E-state index in [4.69, 9.17) is 4.74 Å². The van der Waals surface area contributed by atoms with Gasteiger partial charge in [0.25, 0.3) is 0 Å². The molecular formula is C18H21F2N3O5S. The average Bonchev–Trinajstić information content (AvgIpc) is 2.68. The van der Waals surface area contributed by atoms with E-state index in [-0.39, 0.29) is 29.5 Å². The summed E-state index contributed by atoms with van der Waals surface area (Å²) in [6, 6.07) is 7.42. The number of ether oxygens (including phenoxy) is 2. The summed E-state index contributed by atoms with van der Waals surface area (Å²) in [5, 5.41) is 2.59. The molecule has 8 nitrogen and oxygen atoms in total. The number of sulfonamides is 1. The number of nitrogens with zero attached hydrogens (tertiary/aromatic N) is 2. The lowest BCUT2D eigenvalue weighted by atomic mass is 10.1. The van der Waals surface area contributed by atoms with E-state index in [9.17, 15) is 22.0 Å². The molecular weight excluding hydrogens is 408 g/mol. The van der Waals surface area contributed by atoms with E-state index >= 15 is 0 Å². The number of aromatic nitrogens is 1. The Kier molecular flexibility index (Phi) is 7.85. The van der Waals surface area contributed by atoms with Crippen LogP contribution in [0.1, 0.15) is 5.56 Å². The molecule has 2 rings (SSSR count). The van der Waals surface area contributed by atoms with Crippen LogP contribution in [0.2, 0.25) is 0 Å². The molecule has 0 aliphatic carbocycles. The van der Waals surface area contributed by atoms with Crippen molar-refractivity contribution in [3.8, 4) is 11.5 Å². The van der Waals surface area contributed by atoms with Crippen LogP contribution in [0, 0.1) is 0 Å². The minimum Gasteiger partial charge on any atom is -0.493 e. The van der Waals surface area contributed by atoms with Crippen LogP contribution in [0.3, 0.4) is 0 Å². The maximum Gasteiger partial charge on any atom is 0.387 e. The van der Waals surface area contributed by atoms with Gasteiger partial charge in [0.05, 0.1) is 13.7 Å². The monoisotopic (exact) mass is 429 g/mol. The molecule has 29 heavy (non-hydrogen) atoms. The van der Waals surface area contributed by atoms with Gasteiger partial charge in [-0.3, -0.25) is 9.78 Å². The van der Waals surface area contributed by atoms with Gasteiger partial charge in [-0.25, -0.2) is 8.42 Å². The summed E-state index contributed by atoms with van der Waals surface area (Å²) in [6.07, 6.45) is 2.98. The second-order valence-corrected chi connectivity index (χ2v) is 7.96. The van der Waals surface area contributed by atoms with Crippen molar-refractivity contribution in [3.05, 3.63) is 48.3 Å². The molecule has 2 aromatic rings. The third-order valence-corrected chi connectivity index (χ3v) is 5.68. The van der Waals surface area contributed by atoms with Crippen molar-refractivity contribution in [2.24, 2.45) is 0 Å². The zero-order valence-electron chi connectivity index (χ0n) is 15.8. The molecule has 0 spiro atoms. The Morgan fingerprint density at radius 3 is 2.66 bits per heavy atom. The SMILES string of the molecule is COc1ccc(CCNC(=O)CN(C)S(=O)(=O)c2cccnc2)cc1OC(F)F. The van der Waals surface area contributed by atoms with E-state index in [1.54, 1.807) is 6.07 Å². The Bertz CT molecular complexity index is 926. The number of amides is 1. The Balaban J connectivity index is 1.90. The number of methoxy groups -OCH3 is 1. The first kappa shape index (κ1) is 22.5. The number of carbonyl (C=O) groups is 1. The Morgan fingerprint density at radius 2 is 2.03 bits per heavy atom. The fraction of sp³-hybridized carbons (Fsp3) is 0.333. The first-order valence-corrected chi connectivity index (χ1v) is 9.93. The Hall–Kier alpha value is -2.79. The van der Waals surface area contributed by atoms with Crippen molar-refractivity contribution in [1.29, 1.82) is 0 Å². The third kappa shape index (κ3) is 6.36. The molecule has 1 heterocycles. The van der Waals surface area contributed by atoms with Crippen molar-refractivity contribution >= 4 is 15.9 Å². The van der Waals surface area contributed by atoms with Crippen LogP contribution in [0.4, 0.5) is 8.78 Å². The number of benzene rings is 1. The second-order valence-electron chi connectivity index (χ2n) is 5.91. The van der Waals surface area contributed by atoms with E-state index in [0.717, 1.165) is 4.31 Å². The minimum absolute atomic E-state index is 0.0138. The van der Waals surface area contributed by atoms with Crippen molar-refractivity contribution in [1.82, 2.24) is 14.6 Å². The highest BCUT2D eigenvalue weighted by atomic mass is 32.2. The zero-order chi connectivity index (χ0) is 21.4. The number of pyridine rings is 1. The molecule has 0 bridgehead atoms. The zero-order valence-corrected chi connectivity index (χ0v) is 16.7. The number of rotatable bonds is 10. The molecule has 1 N–H and O–H groups in total. The molecule has 0 atom stereocenters. The molecule has 0 radical (unpaired) electrons. The van der Waals surface area contributed by atoms with Gasteiger partial charge in [0.2, 0.25) is 15.9 Å². The maximum atomic E-state index is 12.5. The second kappa shape index (κ2) is 10.1. The highest BCUT2D eigenvalue weighted by Gasteiger charge is 2.22. The first-order chi connectivity index (χ1) is 13.7. The summed E-state index contributed by atoms with van der Waals surface area (Å²) in [6.45, 7) is -3.18. The van der Waals surface area contributed by atoms with Crippen LogP contribution < -0.4 is 14.8 Å². The van der Waals surface area contributed by atoms with Crippen LogP contribution in [0.5, 0.6) is 11.5 Å². The van der Waals surface area contributed by atoms with Gasteiger partial charge in [0, 0.05) is 26.0 Å². The largest absolute Gasteiger partial charge is 0.493 e. The van der Waals surface area contributed by atoms with Gasteiger partial charge < -0.3 is 14.8 Å². The summed E-state index contributed by atoms with van der Waals surface area (Å²) in [7, 11) is -1.20. The van der Waals surface area contributed by atoms with Gasteiger partial charge in [0.1, 0.15) is 4.90 Å². The van der Waals surface area contributed by atoms with Crippen molar-refractivity contribution < 1.29 is 31.5 Å². The number of hydrogen-bond acceptors (Lipinski definition) is 6. The molecule has 11 heteroatoms. The van der Waals surface area contributed by atoms with Gasteiger partial charge in [-0.2, -0.15) is 13.1 Å². The Morgan fingerprint density at radius 1 is 1.28 bits per heavy atom. The van der Waals surface area contributed by atoms with Crippen LogP contribution in [-0.2, 0) is 21.2 Å². The third-order valence-electron chi connectivity index (χ3n) is 3.89. The van der Waals surface area contributed by atoms with E-state index in [0.29, 0.717) is 12.0 Å². The highest BCUT2D eigenvalue weighted by Crippen LogP contribution is 2.29. The van der Waals surface area contributed by atoms with Gasteiger partial charge in [-0.1, -0.05) is 6.07 Å². The summed E-state index contributed by atoms with van der Waals surface area (Å²) in [4.78, 5) is 15.8. The summed E-state index contributed by atoms with van der Waals surface area (Å²) < 4.78 is 60.0. The minimum atomic E-state index is -3.83. The van der Waals surface area contributed by atoms with Crippen LogP contribution in [-0.4, -0.2) is 57.5 Å². The first-order valence-electron chi connectivity index (χ1n) is 8.49. The van der Waals surface area contributed by atoms with Crippen molar-refractivity contribution in [2.75, 3.05) is 27.2 Å². The van der Waals surface area contributed by atoms with Gasteiger partial charge in [-0.15, -0.1) is 0 Å². The Labute approximate surface area is 167 Å². The smallest absolute Gasteiger partial charge is 0.387 e. The molecule has 0 saturated carbocycles. The molecule has 1 aromatic carbocycles. The number of carbonyl (C=O) groups excluding carboxylic acids is 1. The molecule has 0 aliphatic heterocycles. The fourth-order valence-corrected chi connectivity index (χ4v) is 3.53.